The topological polar surface area (TPSA) is 149 Å². The number of nitrogens with zero attached hydrogens (tertiary/aromatic N) is 8. The Hall–Kier alpha value is -5.12. The fourth-order valence-electron chi connectivity index (χ4n) is 6.48. The number of carbonyl (C=O) groups is 2. The number of hydrogen-bond donors (Lipinski definition) is 2. The van der Waals surface area contributed by atoms with Gasteiger partial charge >= 0.3 is 0 Å². The lowest BCUT2D eigenvalue weighted by molar-refractivity contribution is -0.128. The number of carbonyl (C=O) groups excluding carboxylic acids is 2. The van der Waals surface area contributed by atoms with Gasteiger partial charge in [-0.1, -0.05) is 18.2 Å². The first-order valence-corrected chi connectivity index (χ1v) is 16.0. The molecular weight excluding hydrogens is 592 g/mol. The van der Waals surface area contributed by atoms with Crippen LogP contribution in [0.5, 0.6) is 0 Å². The van der Waals surface area contributed by atoms with Gasteiger partial charge in [0.2, 0.25) is 0 Å². The molecule has 2 fully saturated rings. The molecule has 6 rings (SSSR count). The number of anilines is 2. The van der Waals surface area contributed by atoms with Crippen LogP contribution in [0.15, 0.2) is 72.6 Å². The summed E-state index contributed by atoms with van der Waals surface area (Å²) in [6.45, 7) is 8.78. The molecule has 0 unspecified atom stereocenters. The molecule has 2 aliphatic heterocycles. The van der Waals surface area contributed by atoms with Gasteiger partial charge in [0.25, 0.3) is 11.8 Å². The van der Waals surface area contributed by atoms with Crippen molar-refractivity contribution in [3.8, 4) is 17.3 Å². The van der Waals surface area contributed by atoms with E-state index in [1.807, 2.05) is 35.0 Å². The molecule has 0 aliphatic carbocycles. The Labute approximate surface area is 274 Å². The second-order valence-electron chi connectivity index (χ2n) is 12.8. The number of rotatable bonds is 7. The second-order valence-corrected chi connectivity index (χ2v) is 12.8. The third-order valence-corrected chi connectivity index (χ3v) is 9.17. The van der Waals surface area contributed by atoms with Crippen LogP contribution in [0.2, 0.25) is 0 Å². The Morgan fingerprint density at radius 3 is 2.49 bits per heavy atom. The van der Waals surface area contributed by atoms with Crippen molar-refractivity contribution in [1.29, 1.82) is 5.26 Å². The molecule has 0 spiro atoms. The van der Waals surface area contributed by atoms with Gasteiger partial charge in [-0.15, -0.1) is 0 Å². The summed E-state index contributed by atoms with van der Waals surface area (Å²) in [6, 6.07) is 16.5. The highest BCUT2D eigenvalue weighted by Crippen LogP contribution is 2.35. The second kappa shape index (κ2) is 13.3. The molecule has 0 saturated carbocycles. The van der Waals surface area contributed by atoms with Gasteiger partial charge in [-0.2, -0.15) is 10.4 Å². The minimum atomic E-state index is -0.427. The van der Waals surface area contributed by atoms with Gasteiger partial charge in [-0.05, 0) is 70.1 Å². The molecule has 12 heteroatoms. The van der Waals surface area contributed by atoms with E-state index in [4.69, 9.17) is 10.8 Å². The maximum Gasteiger partial charge on any atom is 0.264 e. The molecule has 1 aromatic carbocycles. The van der Waals surface area contributed by atoms with E-state index in [1.54, 1.807) is 41.6 Å². The van der Waals surface area contributed by atoms with Crippen molar-refractivity contribution in [2.45, 2.75) is 38.3 Å². The first-order valence-electron chi connectivity index (χ1n) is 16.0. The summed E-state index contributed by atoms with van der Waals surface area (Å²) < 4.78 is 1.94. The van der Waals surface area contributed by atoms with Crippen LogP contribution in [0.25, 0.3) is 22.2 Å². The summed E-state index contributed by atoms with van der Waals surface area (Å²) in [4.78, 5) is 41.5. The first kappa shape index (κ1) is 31.8. The van der Waals surface area contributed by atoms with E-state index >= 15 is 0 Å². The number of nitrogens with one attached hydrogen (secondary N) is 1. The highest BCUT2D eigenvalue weighted by Gasteiger charge is 2.33. The molecule has 2 aliphatic rings. The highest BCUT2D eigenvalue weighted by molar-refractivity contribution is 6.05. The molecule has 3 aromatic heterocycles. The molecule has 0 radical (unpaired) electrons. The number of nitrogen functional groups attached to an aromatic ring is 1. The normalized spacial score (nSPS) is 18.2. The van der Waals surface area contributed by atoms with E-state index in [2.05, 4.69) is 52.0 Å². The lowest BCUT2D eigenvalue weighted by Crippen LogP contribution is -2.53. The zero-order chi connectivity index (χ0) is 33.1. The number of nitriles is 1. The van der Waals surface area contributed by atoms with Crippen LogP contribution < -0.4 is 11.1 Å². The minimum absolute atomic E-state index is 0.125. The number of piperidine rings is 1. The zero-order valence-corrected chi connectivity index (χ0v) is 27.1. The molecule has 3 N–H and O–H groups in total. The van der Waals surface area contributed by atoms with Gasteiger partial charge in [-0.25, -0.2) is 9.97 Å². The number of aromatic nitrogens is 4. The average Bonchev–Trinajstić information content (AvgIpc) is 3.49. The van der Waals surface area contributed by atoms with Gasteiger partial charge in [0.15, 0.2) is 0 Å². The summed E-state index contributed by atoms with van der Waals surface area (Å²) in [5.74, 6) is 0.305. The smallest absolute Gasteiger partial charge is 0.264 e. The number of pyridine rings is 2. The molecule has 0 bridgehead atoms. The maximum absolute atomic E-state index is 13.8. The Bertz CT molecular complexity index is 1830. The number of likely N-dealkylation sites (tertiary alicyclic amines) is 1. The Morgan fingerprint density at radius 2 is 1.79 bits per heavy atom. The summed E-state index contributed by atoms with van der Waals surface area (Å²) in [7, 11) is 2.11. The summed E-state index contributed by atoms with van der Waals surface area (Å²) in [6.07, 6.45) is 6.70. The van der Waals surface area contributed by atoms with E-state index < -0.39 is 5.54 Å². The molecular formula is C35H40N10O2. The molecule has 2 saturated heterocycles. The molecule has 1 atom stereocenters. The quantitative estimate of drug-likeness (QED) is 0.228. The van der Waals surface area contributed by atoms with E-state index in [-0.39, 0.29) is 23.4 Å². The van der Waals surface area contributed by atoms with Crippen molar-refractivity contribution in [1.82, 2.24) is 34.4 Å². The summed E-state index contributed by atoms with van der Waals surface area (Å²) in [5.41, 5.74) is 8.88. The van der Waals surface area contributed by atoms with E-state index in [0.29, 0.717) is 41.4 Å². The Kier molecular flexibility index (Phi) is 9.02. The van der Waals surface area contributed by atoms with Crippen LogP contribution in [0, 0.1) is 11.3 Å². The lowest BCUT2D eigenvalue weighted by atomic mass is 9.96. The molecule has 12 nitrogen and oxygen atoms in total. The van der Waals surface area contributed by atoms with Crippen LogP contribution in [-0.4, -0.2) is 98.1 Å². The van der Waals surface area contributed by atoms with E-state index in [9.17, 15) is 14.9 Å². The number of benzene rings is 1. The molecule has 47 heavy (non-hydrogen) atoms. The van der Waals surface area contributed by atoms with E-state index in [1.165, 1.54) is 0 Å². The monoisotopic (exact) mass is 632 g/mol. The number of amides is 2. The molecule has 2 amide bonds. The zero-order valence-electron chi connectivity index (χ0n) is 27.1. The third kappa shape index (κ3) is 6.72. The number of likely N-dealkylation sites (N-methyl/N-ethyl adjacent to an activating group) is 1. The standard InChI is InChI=1S/C35H40N10O2/c1-35(2,44-19-17-42(3)18-20-44)21-26(22-36)34(47)43-16-6-7-27(23-43)45-28-13-15-39-32(37)30(28)31(41-45)24-9-11-25(12-10-24)33(46)40-29-8-4-5-14-38-29/h4-5,8-15,21,27H,6-7,16-20,23H2,1-3H3,(H2,37,39)(H,38,40,46)/t27-/m1/s1. The first-order chi connectivity index (χ1) is 22.6. The predicted octanol–water partition coefficient (Wildman–Crippen LogP) is 3.97. The third-order valence-electron chi connectivity index (χ3n) is 9.17. The van der Waals surface area contributed by atoms with Crippen molar-refractivity contribution >= 4 is 34.4 Å². The Balaban J connectivity index is 1.24. The van der Waals surface area contributed by atoms with Crippen LogP contribution in [0.3, 0.4) is 0 Å². The summed E-state index contributed by atoms with van der Waals surface area (Å²) >= 11 is 0. The summed E-state index contributed by atoms with van der Waals surface area (Å²) in [5, 5.41) is 18.6. The SMILES string of the molecule is CN1CCN(C(C)(C)C=C(C#N)C(=O)N2CCC[C@@H](n3nc(-c4ccc(C(=O)Nc5ccccn5)cc4)c4c(N)nccc43)C2)CC1. The van der Waals surface area contributed by atoms with E-state index in [0.717, 1.165) is 50.1 Å². The van der Waals surface area contributed by atoms with Gasteiger partial charge < -0.3 is 20.9 Å². The predicted molar refractivity (Wildman–Crippen MR) is 181 cm³/mol. The number of piperazine rings is 1. The van der Waals surface area contributed by atoms with Gasteiger partial charge in [0.1, 0.15) is 29.0 Å². The van der Waals surface area contributed by atoms with Crippen LogP contribution in [0.1, 0.15) is 43.1 Å². The fourth-order valence-corrected chi connectivity index (χ4v) is 6.48. The van der Waals surface area contributed by atoms with Crippen molar-refractivity contribution in [2.75, 3.05) is 57.4 Å². The van der Waals surface area contributed by atoms with Crippen LogP contribution >= 0.6 is 0 Å². The Morgan fingerprint density at radius 1 is 1.02 bits per heavy atom. The number of nitrogens with two attached hydrogens (primary N) is 1. The molecule has 242 valence electrons. The minimum Gasteiger partial charge on any atom is -0.383 e. The van der Waals surface area contributed by atoms with Crippen molar-refractivity contribution < 1.29 is 9.59 Å². The highest BCUT2D eigenvalue weighted by atomic mass is 16.2. The largest absolute Gasteiger partial charge is 0.383 e. The molecule has 4 aromatic rings. The van der Waals surface area contributed by atoms with Crippen molar-refractivity contribution in [3.63, 3.8) is 0 Å². The maximum atomic E-state index is 13.8. The molecule has 5 heterocycles. The van der Waals surface area contributed by atoms with Crippen molar-refractivity contribution in [2.24, 2.45) is 0 Å². The number of hydrogen-bond acceptors (Lipinski definition) is 9. The van der Waals surface area contributed by atoms with Crippen LogP contribution in [-0.2, 0) is 4.79 Å². The average molecular weight is 633 g/mol. The lowest BCUT2D eigenvalue weighted by Gasteiger charge is -2.42. The van der Waals surface area contributed by atoms with Crippen LogP contribution in [0.4, 0.5) is 11.6 Å². The van der Waals surface area contributed by atoms with Gasteiger partial charge in [-0.3, -0.25) is 19.2 Å². The fraction of sp³-hybridized carbons (Fsp3) is 0.371. The number of fused-ring (bicyclic) bond motifs is 1. The van der Waals surface area contributed by atoms with Crippen molar-refractivity contribution in [3.05, 3.63) is 78.1 Å². The van der Waals surface area contributed by atoms with Gasteiger partial charge in [0.05, 0.1) is 16.9 Å². The van der Waals surface area contributed by atoms with Gasteiger partial charge in [0, 0.05) is 68.3 Å².